The van der Waals surface area contributed by atoms with E-state index in [9.17, 15) is 4.79 Å². The van der Waals surface area contributed by atoms with Gasteiger partial charge in [0.15, 0.2) is 5.78 Å². The van der Waals surface area contributed by atoms with Crippen molar-refractivity contribution in [2.75, 3.05) is 0 Å². The quantitative estimate of drug-likeness (QED) is 0.699. The first-order valence-electron chi connectivity index (χ1n) is 7.95. The van der Waals surface area contributed by atoms with Crippen molar-refractivity contribution in [3.63, 3.8) is 0 Å². The van der Waals surface area contributed by atoms with Gasteiger partial charge >= 0.3 is 0 Å². The van der Waals surface area contributed by atoms with E-state index in [1.54, 1.807) is 0 Å². The number of aryl methyl sites for hydroxylation is 1. The van der Waals surface area contributed by atoms with E-state index in [-0.39, 0.29) is 5.78 Å². The minimum Gasteiger partial charge on any atom is -0.289 e. The van der Waals surface area contributed by atoms with Crippen molar-refractivity contribution in [2.45, 2.75) is 44.9 Å². The maximum Gasteiger partial charge on any atom is 0.193 e. The molecule has 1 saturated carbocycles. The normalized spacial score (nSPS) is 15.9. The zero-order valence-electron chi connectivity index (χ0n) is 12.6. The van der Waals surface area contributed by atoms with Crippen molar-refractivity contribution in [1.82, 2.24) is 0 Å². The third-order valence-corrected chi connectivity index (χ3v) is 4.56. The van der Waals surface area contributed by atoms with Crippen LogP contribution < -0.4 is 0 Å². The van der Waals surface area contributed by atoms with Gasteiger partial charge in [0.25, 0.3) is 0 Å². The number of rotatable bonds is 3. The SMILES string of the molecule is Cc1ccc(C(=O)c2ccc(C3CCCCC3)cc2)cc1. The summed E-state index contributed by atoms with van der Waals surface area (Å²) in [5.41, 5.74) is 4.14. The zero-order valence-corrected chi connectivity index (χ0v) is 12.6. The van der Waals surface area contributed by atoms with Crippen LogP contribution in [0, 0.1) is 6.92 Å². The third kappa shape index (κ3) is 3.24. The van der Waals surface area contributed by atoms with Crippen molar-refractivity contribution in [3.05, 3.63) is 70.8 Å². The number of hydrogen-bond donors (Lipinski definition) is 0. The lowest BCUT2D eigenvalue weighted by Gasteiger charge is -2.22. The van der Waals surface area contributed by atoms with Gasteiger partial charge in [0.05, 0.1) is 0 Å². The van der Waals surface area contributed by atoms with Crippen LogP contribution in [0.3, 0.4) is 0 Å². The standard InChI is InChI=1S/C20H22O/c1-15-7-9-18(10-8-15)20(21)19-13-11-17(12-14-19)16-5-3-2-4-6-16/h7-14,16H,2-6H2,1H3. The first-order valence-corrected chi connectivity index (χ1v) is 7.95. The second-order valence-electron chi connectivity index (χ2n) is 6.15. The fourth-order valence-corrected chi connectivity index (χ4v) is 3.21. The molecule has 2 aromatic carbocycles. The van der Waals surface area contributed by atoms with Crippen LogP contribution in [-0.4, -0.2) is 5.78 Å². The molecule has 1 aliphatic carbocycles. The number of ketones is 1. The number of benzene rings is 2. The molecule has 1 aliphatic rings. The van der Waals surface area contributed by atoms with E-state index in [2.05, 4.69) is 12.1 Å². The molecule has 1 heteroatoms. The molecule has 1 nitrogen and oxygen atoms in total. The number of carbonyl (C=O) groups excluding carboxylic acids is 1. The smallest absolute Gasteiger partial charge is 0.193 e. The monoisotopic (exact) mass is 278 g/mol. The Morgan fingerprint density at radius 1 is 0.810 bits per heavy atom. The van der Waals surface area contributed by atoms with Gasteiger partial charge in [0, 0.05) is 11.1 Å². The van der Waals surface area contributed by atoms with Crippen LogP contribution in [-0.2, 0) is 0 Å². The van der Waals surface area contributed by atoms with Gasteiger partial charge in [-0.3, -0.25) is 4.79 Å². The molecule has 0 saturated heterocycles. The van der Waals surface area contributed by atoms with Crippen molar-refractivity contribution >= 4 is 5.78 Å². The Morgan fingerprint density at radius 3 is 1.90 bits per heavy atom. The summed E-state index contributed by atoms with van der Waals surface area (Å²) in [6, 6.07) is 16.1. The summed E-state index contributed by atoms with van der Waals surface area (Å²) in [5, 5.41) is 0. The summed E-state index contributed by atoms with van der Waals surface area (Å²) in [4.78, 5) is 12.4. The molecule has 0 atom stereocenters. The van der Waals surface area contributed by atoms with Crippen LogP contribution in [0.5, 0.6) is 0 Å². The van der Waals surface area contributed by atoms with Crippen LogP contribution in [0.2, 0.25) is 0 Å². The Balaban J connectivity index is 1.77. The van der Waals surface area contributed by atoms with Gasteiger partial charge < -0.3 is 0 Å². The van der Waals surface area contributed by atoms with Crippen molar-refractivity contribution in [1.29, 1.82) is 0 Å². The van der Waals surface area contributed by atoms with Gasteiger partial charge in [-0.1, -0.05) is 73.4 Å². The second-order valence-corrected chi connectivity index (χ2v) is 6.15. The molecule has 108 valence electrons. The molecule has 21 heavy (non-hydrogen) atoms. The van der Waals surface area contributed by atoms with E-state index >= 15 is 0 Å². The lowest BCUT2D eigenvalue weighted by molar-refractivity contribution is 0.103. The molecular formula is C20H22O. The molecule has 3 rings (SSSR count). The Morgan fingerprint density at radius 2 is 1.33 bits per heavy atom. The molecule has 2 aromatic rings. The maximum absolute atomic E-state index is 12.4. The van der Waals surface area contributed by atoms with E-state index in [0.717, 1.165) is 11.1 Å². The summed E-state index contributed by atoms with van der Waals surface area (Å²) in [5.74, 6) is 0.812. The molecule has 0 amide bonds. The molecular weight excluding hydrogens is 256 g/mol. The summed E-state index contributed by atoms with van der Waals surface area (Å²) < 4.78 is 0. The molecule has 0 heterocycles. The van der Waals surface area contributed by atoms with Crippen molar-refractivity contribution in [2.24, 2.45) is 0 Å². The highest BCUT2D eigenvalue weighted by Gasteiger charge is 2.16. The van der Waals surface area contributed by atoms with Gasteiger partial charge in [-0.15, -0.1) is 0 Å². The molecule has 0 N–H and O–H groups in total. The molecule has 0 aliphatic heterocycles. The Labute approximate surface area is 127 Å². The fourth-order valence-electron chi connectivity index (χ4n) is 3.21. The van der Waals surface area contributed by atoms with Gasteiger partial charge in [-0.25, -0.2) is 0 Å². The Kier molecular flexibility index (Phi) is 4.19. The van der Waals surface area contributed by atoms with Crippen LogP contribution in [0.15, 0.2) is 48.5 Å². The highest BCUT2D eigenvalue weighted by molar-refractivity contribution is 6.08. The lowest BCUT2D eigenvalue weighted by Crippen LogP contribution is -2.06. The van der Waals surface area contributed by atoms with Gasteiger partial charge in [0.2, 0.25) is 0 Å². The zero-order chi connectivity index (χ0) is 14.7. The molecule has 0 radical (unpaired) electrons. The lowest BCUT2D eigenvalue weighted by atomic mass is 9.83. The van der Waals surface area contributed by atoms with Crippen LogP contribution in [0.25, 0.3) is 0 Å². The van der Waals surface area contributed by atoms with Gasteiger partial charge in [-0.05, 0) is 31.2 Å². The van der Waals surface area contributed by atoms with E-state index in [1.807, 2.05) is 43.3 Å². The average Bonchev–Trinajstić information content (AvgIpc) is 2.56. The molecule has 0 aromatic heterocycles. The minimum atomic E-state index is 0.116. The molecule has 1 fully saturated rings. The molecule has 0 bridgehead atoms. The van der Waals surface area contributed by atoms with E-state index in [4.69, 9.17) is 0 Å². The largest absolute Gasteiger partial charge is 0.289 e. The second kappa shape index (κ2) is 6.26. The van der Waals surface area contributed by atoms with Crippen LogP contribution in [0.1, 0.15) is 65.1 Å². The minimum absolute atomic E-state index is 0.116. The third-order valence-electron chi connectivity index (χ3n) is 4.56. The van der Waals surface area contributed by atoms with E-state index < -0.39 is 0 Å². The number of hydrogen-bond acceptors (Lipinski definition) is 1. The Hall–Kier alpha value is -1.89. The predicted molar refractivity (Wildman–Crippen MR) is 86.9 cm³/mol. The van der Waals surface area contributed by atoms with Crippen molar-refractivity contribution in [3.8, 4) is 0 Å². The highest BCUT2D eigenvalue weighted by atomic mass is 16.1. The first kappa shape index (κ1) is 14.1. The topological polar surface area (TPSA) is 17.1 Å². The van der Waals surface area contributed by atoms with Gasteiger partial charge in [0.1, 0.15) is 0 Å². The Bertz CT molecular complexity index is 601. The van der Waals surface area contributed by atoms with Crippen LogP contribution >= 0.6 is 0 Å². The molecule has 0 unspecified atom stereocenters. The van der Waals surface area contributed by atoms with Crippen LogP contribution in [0.4, 0.5) is 0 Å². The van der Waals surface area contributed by atoms with Gasteiger partial charge in [-0.2, -0.15) is 0 Å². The number of carbonyl (C=O) groups is 1. The predicted octanol–water partition coefficient (Wildman–Crippen LogP) is 5.27. The summed E-state index contributed by atoms with van der Waals surface area (Å²) in [6.07, 6.45) is 6.65. The summed E-state index contributed by atoms with van der Waals surface area (Å²) in [6.45, 7) is 2.03. The molecule has 0 spiro atoms. The van der Waals surface area contributed by atoms with E-state index in [1.165, 1.54) is 43.2 Å². The first-order chi connectivity index (χ1) is 10.2. The summed E-state index contributed by atoms with van der Waals surface area (Å²) >= 11 is 0. The van der Waals surface area contributed by atoms with E-state index in [0.29, 0.717) is 5.92 Å². The highest BCUT2D eigenvalue weighted by Crippen LogP contribution is 2.32. The maximum atomic E-state index is 12.4. The fraction of sp³-hybridized carbons (Fsp3) is 0.350. The van der Waals surface area contributed by atoms with Crippen molar-refractivity contribution < 1.29 is 4.79 Å². The summed E-state index contributed by atoms with van der Waals surface area (Å²) in [7, 11) is 0. The average molecular weight is 278 g/mol.